The van der Waals surface area contributed by atoms with E-state index in [2.05, 4.69) is 32.9 Å². The summed E-state index contributed by atoms with van der Waals surface area (Å²) in [4.78, 5) is 19.1. The third kappa shape index (κ3) is 4.98. The zero-order chi connectivity index (χ0) is 21.1. The van der Waals surface area contributed by atoms with Crippen LogP contribution in [-0.4, -0.2) is 44.9 Å². The van der Waals surface area contributed by atoms with Crippen molar-refractivity contribution in [2.45, 2.75) is 37.6 Å². The predicted molar refractivity (Wildman–Crippen MR) is 109 cm³/mol. The Bertz CT molecular complexity index is 914. The van der Waals surface area contributed by atoms with Gasteiger partial charge >= 0.3 is 0 Å². The number of benzene rings is 2. The monoisotopic (exact) mass is 404 g/mol. The number of nitrogens with zero attached hydrogens (tertiary/aromatic N) is 2. The average molecular weight is 405 g/mol. The summed E-state index contributed by atoms with van der Waals surface area (Å²) >= 11 is 0. The van der Waals surface area contributed by atoms with E-state index in [1.807, 2.05) is 12.1 Å². The van der Waals surface area contributed by atoms with E-state index in [4.69, 9.17) is 4.84 Å². The zero-order valence-electron chi connectivity index (χ0n) is 17.3. The van der Waals surface area contributed by atoms with Crippen LogP contribution in [0.1, 0.15) is 42.3 Å². The van der Waals surface area contributed by atoms with E-state index in [1.165, 1.54) is 44.0 Å². The molecule has 28 heavy (non-hydrogen) atoms. The summed E-state index contributed by atoms with van der Waals surface area (Å²) in [5, 5.41) is 0. The lowest BCUT2D eigenvalue weighted by Crippen LogP contribution is -2.27. The second-order valence-corrected chi connectivity index (χ2v) is 9.67. The molecule has 0 aliphatic carbocycles. The first-order valence-corrected chi connectivity index (χ1v) is 10.4. The molecule has 0 N–H and O–H groups in total. The standard InChI is InChI=1S/C21H28N2O4S/c1-21(2,3)18-11-7-16(8-12-18)15-22(4)20(24)17-9-13-19(14-10-17)28(25,26)23(5)27-6/h7-14H,15H2,1-6H3. The summed E-state index contributed by atoms with van der Waals surface area (Å²) in [5.74, 6) is -0.177. The molecule has 0 saturated heterocycles. The Kier molecular flexibility index (Phi) is 6.64. The van der Waals surface area contributed by atoms with Crippen LogP contribution in [0.15, 0.2) is 53.4 Å². The van der Waals surface area contributed by atoms with Gasteiger partial charge < -0.3 is 4.90 Å². The predicted octanol–water partition coefficient (Wildman–Crippen LogP) is 3.44. The molecule has 0 fully saturated rings. The van der Waals surface area contributed by atoms with E-state index in [-0.39, 0.29) is 16.2 Å². The summed E-state index contributed by atoms with van der Waals surface area (Å²) in [6, 6.07) is 14.1. The van der Waals surface area contributed by atoms with Crippen LogP contribution in [0.3, 0.4) is 0 Å². The number of carbonyl (C=O) groups is 1. The molecule has 152 valence electrons. The summed E-state index contributed by atoms with van der Waals surface area (Å²) < 4.78 is 25.2. The van der Waals surface area contributed by atoms with Gasteiger partial charge in [-0.3, -0.25) is 9.63 Å². The van der Waals surface area contributed by atoms with Crippen LogP contribution in [0.25, 0.3) is 0 Å². The van der Waals surface area contributed by atoms with Crippen LogP contribution in [-0.2, 0) is 26.8 Å². The Morgan fingerprint density at radius 2 is 1.50 bits per heavy atom. The maximum atomic E-state index is 12.7. The maximum Gasteiger partial charge on any atom is 0.264 e. The van der Waals surface area contributed by atoms with Crippen molar-refractivity contribution in [2.75, 3.05) is 21.2 Å². The fraction of sp³-hybridized carbons (Fsp3) is 0.381. The molecule has 0 unspecified atom stereocenters. The molecular formula is C21H28N2O4S. The second kappa shape index (κ2) is 8.43. The molecule has 2 aromatic rings. The summed E-state index contributed by atoms with van der Waals surface area (Å²) in [5.41, 5.74) is 2.78. The highest BCUT2D eigenvalue weighted by atomic mass is 32.2. The van der Waals surface area contributed by atoms with Crippen molar-refractivity contribution >= 4 is 15.9 Å². The highest BCUT2D eigenvalue weighted by Gasteiger charge is 2.21. The topological polar surface area (TPSA) is 66.9 Å². The molecular weight excluding hydrogens is 376 g/mol. The van der Waals surface area contributed by atoms with Gasteiger partial charge in [-0.1, -0.05) is 49.5 Å². The van der Waals surface area contributed by atoms with Crippen LogP contribution in [0, 0.1) is 0 Å². The SMILES string of the molecule is CON(C)S(=O)(=O)c1ccc(C(=O)N(C)Cc2ccc(C(C)(C)C)cc2)cc1. The number of hydrogen-bond acceptors (Lipinski definition) is 4. The molecule has 2 rings (SSSR count). The summed E-state index contributed by atoms with van der Waals surface area (Å²) in [7, 11) is 0.584. The van der Waals surface area contributed by atoms with Crippen molar-refractivity contribution in [2.24, 2.45) is 0 Å². The molecule has 0 aliphatic rings. The molecule has 0 saturated carbocycles. The lowest BCUT2D eigenvalue weighted by molar-refractivity contribution is -0.0258. The minimum Gasteiger partial charge on any atom is -0.337 e. The van der Waals surface area contributed by atoms with E-state index in [0.717, 1.165) is 10.0 Å². The molecule has 6 nitrogen and oxygen atoms in total. The van der Waals surface area contributed by atoms with Crippen molar-refractivity contribution in [3.63, 3.8) is 0 Å². The van der Waals surface area contributed by atoms with E-state index < -0.39 is 10.0 Å². The quantitative estimate of drug-likeness (QED) is 0.692. The molecule has 0 radical (unpaired) electrons. The third-order valence-corrected chi connectivity index (χ3v) is 6.28. The summed E-state index contributed by atoms with van der Waals surface area (Å²) in [6.45, 7) is 6.94. The zero-order valence-corrected chi connectivity index (χ0v) is 18.1. The van der Waals surface area contributed by atoms with Gasteiger partial charge in [0.05, 0.1) is 12.0 Å². The van der Waals surface area contributed by atoms with Gasteiger partial charge in [-0.2, -0.15) is 0 Å². The van der Waals surface area contributed by atoms with Gasteiger partial charge in [0, 0.05) is 26.2 Å². The minimum absolute atomic E-state index is 0.0637. The molecule has 0 aromatic heterocycles. The highest BCUT2D eigenvalue weighted by molar-refractivity contribution is 7.89. The van der Waals surface area contributed by atoms with Gasteiger partial charge in [0.25, 0.3) is 15.9 Å². The van der Waals surface area contributed by atoms with E-state index in [9.17, 15) is 13.2 Å². The van der Waals surface area contributed by atoms with E-state index >= 15 is 0 Å². The first-order valence-electron chi connectivity index (χ1n) is 8.95. The smallest absolute Gasteiger partial charge is 0.264 e. The van der Waals surface area contributed by atoms with Gasteiger partial charge in [-0.15, -0.1) is 0 Å². The lowest BCUT2D eigenvalue weighted by atomic mass is 9.87. The van der Waals surface area contributed by atoms with Crippen LogP contribution < -0.4 is 0 Å². The van der Waals surface area contributed by atoms with Gasteiger partial charge in [-0.05, 0) is 40.8 Å². The van der Waals surface area contributed by atoms with Crippen LogP contribution >= 0.6 is 0 Å². The Hall–Kier alpha value is -2.22. The van der Waals surface area contributed by atoms with Crippen molar-refractivity contribution in [3.05, 3.63) is 65.2 Å². The molecule has 1 amide bonds. The first-order chi connectivity index (χ1) is 13.0. The van der Waals surface area contributed by atoms with Crippen LogP contribution in [0.2, 0.25) is 0 Å². The number of sulfonamides is 1. The van der Waals surface area contributed by atoms with Crippen molar-refractivity contribution in [3.8, 4) is 0 Å². The van der Waals surface area contributed by atoms with E-state index in [0.29, 0.717) is 12.1 Å². The molecule has 0 aliphatic heterocycles. The summed E-state index contributed by atoms with van der Waals surface area (Å²) in [6.07, 6.45) is 0. The van der Waals surface area contributed by atoms with Gasteiger partial charge in [-0.25, -0.2) is 8.42 Å². The fourth-order valence-electron chi connectivity index (χ4n) is 2.69. The average Bonchev–Trinajstić information content (AvgIpc) is 2.66. The lowest BCUT2D eigenvalue weighted by Gasteiger charge is -2.21. The normalized spacial score (nSPS) is 12.2. The van der Waals surface area contributed by atoms with Crippen LogP contribution in [0.4, 0.5) is 0 Å². The molecule has 2 aromatic carbocycles. The maximum absolute atomic E-state index is 12.7. The number of carbonyl (C=O) groups excluding carboxylic acids is 1. The minimum atomic E-state index is -3.73. The Balaban J connectivity index is 2.11. The molecule has 7 heteroatoms. The number of hydroxylamine groups is 1. The number of rotatable bonds is 6. The van der Waals surface area contributed by atoms with Gasteiger partial charge in [0.2, 0.25) is 0 Å². The molecule has 0 heterocycles. The largest absolute Gasteiger partial charge is 0.337 e. The number of hydrogen-bond donors (Lipinski definition) is 0. The van der Waals surface area contributed by atoms with Crippen molar-refractivity contribution < 1.29 is 18.0 Å². The Morgan fingerprint density at radius 3 is 1.96 bits per heavy atom. The van der Waals surface area contributed by atoms with Crippen molar-refractivity contribution in [1.82, 2.24) is 9.37 Å². The Labute approximate surface area is 167 Å². The van der Waals surface area contributed by atoms with Crippen molar-refractivity contribution in [1.29, 1.82) is 0 Å². The molecule has 0 spiro atoms. The van der Waals surface area contributed by atoms with Crippen LogP contribution in [0.5, 0.6) is 0 Å². The molecule has 0 atom stereocenters. The first kappa shape index (κ1) is 22.1. The van der Waals surface area contributed by atoms with Gasteiger partial charge in [0.15, 0.2) is 0 Å². The van der Waals surface area contributed by atoms with E-state index in [1.54, 1.807) is 11.9 Å². The molecule has 0 bridgehead atoms. The Morgan fingerprint density at radius 1 is 0.964 bits per heavy atom. The second-order valence-electron chi connectivity index (χ2n) is 7.73. The number of amides is 1. The highest BCUT2D eigenvalue weighted by Crippen LogP contribution is 2.23. The fourth-order valence-corrected chi connectivity index (χ4v) is 3.67. The van der Waals surface area contributed by atoms with Gasteiger partial charge in [0.1, 0.15) is 0 Å². The third-order valence-electron chi connectivity index (χ3n) is 4.58.